The normalized spacial score (nSPS) is 21.6. The Morgan fingerprint density at radius 1 is 0.955 bits per heavy atom. The summed E-state index contributed by atoms with van der Waals surface area (Å²) in [4.78, 5) is 13.7. The number of carbonyl (C=O) groups excluding carboxylic acids is 1. The zero-order valence-corrected chi connectivity index (χ0v) is 13.1. The van der Waals surface area contributed by atoms with E-state index in [1.807, 2.05) is 36.4 Å². The molecule has 1 heterocycles. The lowest BCUT2D eigenvalue weighted by molar-refractivity contribution is -0.145. The molecule has 112 valence electrons. The number of carbonyl (C=O) groups is 1. The average molecular weight is 334 g/mol. The van der Waals surface area contributed by atoms with E-state index < -0.39 is 11.6 Å². The predicted molar refractivity (Wildman–Crippen MR) is 86.1 cm³/mol. The fraction of sp³-hybridized carbons (Fsp3) is 0.118. The van der Waals surface area contributed by atoms with Crippen LogP contribution in [0.4, 0.5) is 0 Å². The van der Waals surface area contributed by atoms with Gasteiger partial charge in [0.2, 0.25) is 5.72 Å². The summed E-state index contributed by atoms with van der Waals surface area (Å²) in [6, 6.07) is 18.2. The third kappa shape index (κ3) is 2.31. The van der Waals surface area contributed by atoms with Crippen molar-refractivity contribution in [3.8, 4) is 0 Å². The maximum absolute atomic E-state index is 12.4. The molecule has 2 aromatic carbocycles. The molecule has 2 aromatic rings. The van der Waals surface area contributed by atoms with E-state index in [9.17, 15) is 9.90 Å². The van der Waals surface area contributed by atoms with Crippen LogP contribution < -0.4 is 0 Å². The Morgan fingerprint density at radius 3 is 2.09 bits per heavy atom. The van der Waals surface area contributed by atoms with Gasteiger partial charge in [0.25, 0.3) is 5.91 Å². The molecule has 0 aliphatic carbocycles. The molecule has 0 fully saturated rings. The lowest BCUT2D eigenvalue weighted by Crippen LogP contribution is -2.44. The van der Waals surface area contributed by atoms with Crippen LogP contribution in [0.25, 0.3) is 0 Å². The molecule has 1 atom stereocenters. The van der Waals surface area contributed by atoms with Crippen LogP contribution in [-0.2, 0) is 17.1 Å². The summed E-state index contributed by atoms with van der Waals surface area (Å²) in [5.41, 5.74) is -0.367. The van der Waals surface area contributed by atoms with E-state index >= 15 is 0 Å². The molecule has 5 heteroatoms. The standard InChI is InChI=1S/C17H13Cl2NO2/c18-14-15(19)17(22,13-9-5-2-6-10-13)20(16(14)21)11-12-7-3-1-4-8-12/h1-10,22H,11H2. The lowest BCUT2D eigenvalue weighted by Gasteiger charge is -2.34. The van der Waals surface area contributed by atoms with Crippen molar-refractivity contribution >= 4 is 29.1 Å². The zero-order chi connectivity index (χ0) is 15.7. The van der Waals surface area contributed by atoms with Gasteiger partial charge in [0, 0.05) is 12.1 Å². The van der Waals surface area contributed by atoms with Crippen LogP contribution in [0.3, 0.4) is 0 Å². The first-order valence-corrected chi connectivity index (χ1v) is 7.50. The van der Waals surface area contributed by atoms with Crippen LogP contribution in [0.2, 0.25) is 0 Å². The van der Waals surface area contributed by atoms with Gasteiger partial charge in [-0.1, -0.05) is 83.9 Å². The molecule has 1 amide bonds. The second-order valence-electron chi connectivity index (χ2n) is 5.04. The van der Waals surface area contributed by atoms with E-state index in [1.54, 1.807) is 24.3 Å². The topological polar surface area (TPSA) is 40.5 Å². The molecule has 1 aliphatic heterocycles. The number of rotatable bonds is 3. The van der Waals surface area contributed by atoms with Crippen molar-refractivity contribution in [2.75, 3.05) is 0 Å². The molecule has 0 bridgehead atoms. The average Bonchev–Trinajstić information content (AvgIpc) is 2.73. The Hall–Kier alpha value is -1.81. The monoisotopic (exact) mass is 333 g/mol. The van der Waals surface area contributed by atoms with Crippen LogP contribution in [0.5, 0.6) is 0 Å². The van der Waals surface area contributed by atoms with Gasteiger partial charge in [-0.2, -0.15) is 0 Å². The van der Waals surface area contributed by atoms with E-state index in [0.29, 0.717) is 5.56 Å². The Labute approximate surface area is 138 Å². The minimum absolute atomic E-state index is 0.0682. The second-order valence-corrected chi connectivity index (χ2v) is 5.80. The molecular weight excluding hydrogens is 321 g/mol. The van der Waals surface area contributed by atoms with Gasteiger partial charge in [0.05, 0.1) is 5.03 Å². The van der Waals surface area contributed by atoms with Crippen LogP contribution >= 0.6 is 23.2 Å². The molecule has 1 aliphatic rings. The number of nitrogens with zero attached hydrogens (tertiary/aromatic N) is 1. The maximum Gasteiger partial charge on any atom is 0.269 e. The molecule has 0 saturated carbocycles. The molecule has 0 aromatic heterocycles. The highest BCUT2D eigenvalue weighted by Gasteiger charge is 2.50. The number of hydrogen-bond donors (Lipinski definition) is 1. The second kappa shape index (κ2) is 5.76. The number of hydrogen-bond acceptors (Lipinski definition) is 2. The molecule has 0 spiro atoms. The summed E-state index contributed by atoms with van der Waals surface area (Å²) in [6.45, 7) is 0.206. The van der Waals surface area contributed by atoms with Gasteiger partial charge in [-0.05, 0) is 5.56 Å². The van der Waals surface area contributed by atoms with Crippen molar-refractivity contribution in [3.05, 3.63) is 81.9 Å². The van der Waals surface area contributed by atoms with Crippen molar-refractivity contribution in [2.45, 2.75) is 12.3 Å². The van der Waals surface area contributed by atoms with Crippen molar-refractivity contribution in [3.63, 3.8) is 0 Å². The third-order valence-corrected chi connectivity index (χ3v) is 4.58. The zero-order valence-electron chi connectivity index (χ0n) is 11.5. The quantitative estimate of drug-likeness (QED) is 0.932. The van der Waals surface area contributed by atoms with E-state index in [-0.39, 0.29) is 16.6 Å². The van der Waals surface area contributed by atoms with Gasteiger partial charge in [-0.25, -0.2) is 0 Å². The SMILES string of the molecule is O=C1C(Cl)=C(Cl)C(O)(c2ccccc2)N1Cc1ccccc1. The van der Waals surface area contributed by atoms with Crippen molar-refractivity contribution < 1.29 is 9.90 Å². The van der Waals surface area contributed by atoms with Crippen LogP contribution in [0.15, 0.2) is 70.7 Å². The number of aliphatic hydroxyl groups is 1. The highest BCUT2D eigenvalue weighted by molar-refractivity contribution is 6.49. The van der Waals surface area contributed by atoms with Crippen molar-refractivity contribution in [1.82, 2.24) is 4.90 Å². The first-order valence-electron chi connectivity index (χ1n) is 6.74. The largest absolute Gasteiger partial charge is 0.362 e. The molecular formula is C17H13Cl2NO2. The molecule has 0 radical (unpaired) electrons. The number of amides is 1. The van der Waals surface area contributed by atoms with Gasteiger partial charge in [-0.3, -0.25) is 9.69 Å². The van der Waals surface area contributed by atoms with Crippen molar-refractivity contribution in [2.24, 2.45) is 0 Å². The van der Waals surface area contributed by atoms with Crippen molar-refractivity contribution in [1.29, 1.82) is 0 Å². The van der Waals surface area contributed by atoms with Crippen LogP contribution in [0, 0.1) is 0 Å². The maximum atomic E-state index is 12.4. The van der Waals surface area contributed by atoms with E-state index in [2.05, 4.69) is 0 Å². The highest BCUT2D eigenvalue weighted by atomic mass is 35.5. The Bertz CT molecular complexity index is 731. The summed E-state index contributed by atoms with van der Waals surface area (Å²) in [5.74, 6) is -0.484. The number of halogens is 2. The van der Waals surface area contributed by atoms with E-state index in [4.69, 9.17) is 23.2 Å². The molecule has 0 saturated heterocycles. The van der Waals surface area contributed by atoms with Gasteiger partial charge in [0.1, 0.15) is 5.03 Å². The fourth-order valence-electron chi connectivity index (χ4n) is 2.54. The Kier molecular flexibility index (Phi) is 3.96. The lowest BCUT2D eigenvalue weighted by atomic mass is 10.0. The summed E-state index contributed by atoms with van der Waals surface area (Å²) >= 11 is 12.2. The minimum Gasteiger partial charge on any atom is -0.362 e. The van der Waals surface area contributed by atoms with Gasteiger partial charge in [0.15, 0.2) is 0 Å². The first kappa shape index (κ1) is 15.1. The summed E-state index contributed by atoms with van der Waals surface area (Å²) < 4.78 is 0. The van der Waals surface area contributed by atoms with Gasteiger partial charge in [-0.15, -0.1) is 0 Å². The predicted octanol–water partition coefficient (Wildman–Crippen LogP) is 3.56. The first-order chi connectivity index (χ1) is 10.5. The highest BCUT2D eigenvalue weighted by Crippen LogP contribution is 2.45. The summed E-state index contributed by atoms with van der Waals surface area (Å²) in [7, 11) is 0. The molecule has 22 heavy (non-hydrogen) atoms. The third-order valence-electron chi connectivity index (χ3n) is 3.68. The summed E-state index contributed by atoms with van der Waals surface area (Å²) in [5, 5.41) is 10.9. The molecule has 1 unspecified atom stereocenters. The Morgan fingerprint density at radius 2 is 1.50 bits per heavy atom. The molecule has 3 rings (SSSR count). The summed E-state index contributed by atoms with van der Waals surface area (Å²) in [6.07, 6.45) is 0. The van der Waals surface area contributed by atoms with Crippen LogP contribution in [0.1, 0.15) is 11.1 Å². The molecule has 3 nitrogen and oxygen atoms in total. The fourth-order valence-corrected chi connectivity index (χ4v) is 3.06. The minimum atomic E-state index is -1.74. The van der Waals surface area contributed by atoms with E-state index in [1.165, 1.54) is 4.90 Å². The van der Waals surface area contributed by atoms with Crippen LogP contribution in [-0.4, -0.2) is 15.9 Å². The smallest absolute Gasteiger partial charge is 0.269 e. The Balaban J connectivity index is 2.06. The number of benzene rings is 2. The van der Waals surface area contributed by atoms with Gasteiger partial charge < -0.3 is 5.11 Å². The molecule has 1 N–H and O–H groups in total. The van der Waals surface area contributed by atoms with Gasteiger partial charge >= 0.3 is 0 Å². The van der Waals surface area contributed by atoms with E-state index in [0.717, 1.165) is 5.56 Å².